The van der Waals surface area contributed by atoms with E-state index in [1.54, 1.807) is 30.9 Å². The largest absolute Gasteiger partial charge is 0.490 e. The molecule has 0 saturated carbocycles. The van der Waals surface area contributed by atoms with Gasteiger partial charge in [-0.15, -0.1) is 0 Å². The number of H-pyrrole nitrogens is 1. The Morgan fingerprint density at radius 1 is 1.34 bits per heavy atom. The molecule has 0 aromatic carbocycles. The molecular weight excluding hydrogens is 431 g/mol. The second kappa shape index (κ2) is 10.2. The third kappa shape index (κ3) is 6.48. The number of carbonyl (C=O) groups is 1. The Morgan fingerprint density at radius 2 is 2.12 bits per heavy atom. The van der Waals surface area contributed by atoms with Gasteiger partial charge < -0.3 is 14.5 Å². The van der Waals surface area contributed by atoms with Gasteiger partial charge in [-0.2, -0.15) is 13.2 Å². The SMILES string of the molecule is O=C(O)C(F)(F)F.O=c1cc(C2CCCN(Cc3ccco3)C2)nc(-c2cnccn2)[nH]1. The molecule has 1 atom stereocenters. The summed E-state index contributed by atoms with van der Waals surface area (Å²) in [5.74, 6) is -1.10. The molecule has 12 heteroatoms. The number of rotatable bonds is 4. The van der Waals surface area contributed by atoms with E-state index in [1.807, 2.05) is 12.1 Å². The Labute approximate surface area is 180 Å². The second-order valence-corrected chi connectivity index (χ2v) is 7.07. The van der Waals surface area contributed by atoms with Crippen LogP contribution in [0.3, 0.4) is 0 Å². The Morgan fingerprint density at radius 3 is 2.75 bits per heavy atom. The van der Waals surface area contributed by atoms with E-state index in [1.165, 1.54) is 0 Å². The zero-order valence-electron chi connectivity index (χ0n) is 16.7. The van der Waals surface area contributed by atoms with Gasteiger partial charge in [0.25, 0.3) is 5.56 Å². The molecule has 32 heavy (non-hydrogen) atoms. The number of aliphatic carboxylic acids is 1. The molecule has 1 saturated heterocycles. The van der Waals surface area contributed by atoms with E-state index < -0.39 is 12.1 Å². The van der Waals surface area contributed by atoms with Crippen LogP contribution in [0.4, 0.5) is 13.2 Å². The topological polar surface area (TPSA) is 125 Å². The van der Waals surface area contributed by atoms with Crippen molar-refractivity contribution in [3.63, 3.8) is 0 Å². The standard InChI is InChI=1S/C18H19N5O2.C2HF3O2/c24-17-9-15(21-18(22-17)16-10-19-5-6-20-16)13-3-1-7-23(11-13)12-14-4-2-8-25-14;3-2(4,5)1(6)7/h2,4-6,8-10,13H,1,3,7,11-12H2,(H,21,22,24);(H,6,7). The first-order valence-electron chi connectivity index (χ1n) is 9.65. The first-order valence-corrected chi connectivity index (χ1v) is 9.65. The van der Waals surface area contributed by atoms with Crippen molar-refractivity contribution >= 4 is 5.97 Å². The number of nitrogens with one attached hydrogen (secondary N) is 1. The number of hydrogen-bond acceptors (Lipinski definition) is 7. The number of nitrogens with zero attached hydrogens (tertiary/aromatic N) is 4. The smallest absolute Gasteiger partial charge is 0.475 e. The lowest BCUT2D eigenvalue weighted by atomic mass is 9.94. The summed E-state index contributed by atoms with van der Waals surface area (Å²) in [5, 5.41) is 7.12. The fourth-order valence-electron chi connectivity index (χ4n) is 3.29. The maximum absolute atomic E-state index is 12.1. The summed E-state index contributed by atoms with van der Waals surface area (Å²) in [4.78, 5) is 39.0. The van der Waals surface area contributed by atoms with Crippen LogP contribution in [0.5, 0.6) is 0 Å². The van der Waals surface area contributed by atoms with Gasteiger partial charge in [-0.25, -0.2) is 14.8 Å². The number of piperidine rings is 1. The first-order chi connectivity index (χ1) is 15.2. The van der Waals surface area contributed by atoms with Crippen LogP contribution in [-0.4, -0.2) is 55.2 Å². The average Bonchev–Trinajstić information content (AvgIpc) is 3.27. The molecule has 3 aromatic rings. The van der Waals surface area contributed by atoms with Crippen molar-refractivity contribution in [2.24, 2.45) is 0 Å². The number of likely N-dealkylation sites (tertiary alicyclic amines) is 1. The molecule has 0 spiro atoms. The van der Waals surface area contributed by atoms with E-state index in [0.29, 0.717) is 11.5 Å². The molecule has 4 rings (SSSR count). The van der Waals surface area contributed by atoms with Gasteiger partial charge in [-0.05, 0) is 31.5 Å². The molecule has 1 aliphatic heterocycles. The number of alkyl halides is 3. The Kier molecular flexibility index (Phi) is 7.36. The average molecular weight is 451 g/mol. The van der Waals surface area contributed by atoms with Gasteiger partial charge in [0, 0.05) is 30.9 Å². The van der Waals surface area contributed by atoms with Crippen molar-refractivity contribution < 1.29 is 27.5 Å². The maximum Gasteiger partial charge on any atom is 0.490 e. The zero-order valence-corrected chi connectivity index (χ0v) is 16.7. The molecular formula is C20H20F3N5O4. The minimum absolute atomic E-state index is 0.159. The molecule has 1 aliphatic rings. The van der Waals surface area contributed by atoms with Crippen molar-refractivity contribution in [2.75, 3.05) is 13.1 Å². The Bertz CT molecular complexity index is 1070. The molecule has 1 fully saturated rings. The molecule has 0 amide bonds. The molecule has 0 bridgehead atoms. The maximum atomic E-state index is 12.1. The van der Waals surface area contributed by atoms with Gasteiger partial charge in [0.2, 0.25) is 0 Å². The minimum atomic E-state index is -5.08. The van der Waals surface area contributed by atoms with E-state index in [4.69, 9.17) is 14.3 Å². The van der Waals surface area contributed by atoms with Crippen LogP contribution in [0.25, 0.3) is 11.5 Å². The van der Waals surface area contributed by atoms with Crippen LogP contribution in [-0.2, 0) is 11.3 Å². The van der Waals surface area contributed by atoms with Crippen molar-refractivity contribution in [3.05, 3.63) is 64.9 Å². The monoisotopic (exact) mass is 451 g/mol. The zero-order chi connectivity index (χ0) is 23.1. The van der Waals surface area contributed by atoms with E-state index in [0.717, 1.165) is 43.9 Å². The molecule has 3 aromatic heterocycles. The fourth-order valence-corrected chi connectivity index (χ4v) is 3.29. The fraction of sp³-hybridized carbons (Fsp3) is 0.350. The van der Waals surface area contributed by atoms with Gasteiger partial charge >= 0.3 is 12.1 Å². The van der Waals surface area contributed by atoms with Crippen LogP contribution in [0.2, 0.25) is 0 Å². The van der Waals surface area contributed by atoms with Crippen molar-refractivity contribution in [1.29, 1.82) is 0 Å². The molecule has 4 heterocycles. The first kappa shape index (κ1) is 23.1. The summed E-state index contributed by atoms with van der Waals surface area (Å²) < 4.78 is 37.2. The molecule has 170 valence electrons. The van der Waals surface area contributed by atoms with Crippen LogP contribution in [0.15, 0.2) is 52.3 Å². The quantitative estimate of drug-likeness (QED) is 0.620. The van der Waals surface area contributed by atoms with Gasteiger partial charge in [0.05, 0.1) is 24.7 Å². The van der Waals surface area contributed by atoms with Gasteiger partial charge in [0.1, 0.15) is 11.5 Å². The number of hydrogen-bond donors (Lipinski definition) is 2. The van der Waals surface area contributed by atoms with Crippen LogP contribution in [0, 0.1) is 0 Å². The molecule has 0 radical (unpaired) electrons. The van der Waals surface area contributed by atoms with Crippen LogP contribution in [0.1, 0.15) is 30.2 Å². The summed E-state index contributed by atoms with van der Waals surface area (Å²) in [7, 11) is 0. The molecule has 9 nitrogen and oxygen atoms in total. The summed E-state index contributed by atoms with van der Waals surface area (Å²) in [6.45, 7) is 2.66. The summed E-state index contributed by atoms with van der Waals surface area (Å²) in [5.41, 5.74) is 1.23. The highest BCUT2D eigenvalue weighted by molar-refractivity contribution is 5.73. The second-order valence-electron chi connectivity index (χ2n) is 7.07. The van der Waals surface area contributed by atoms with E-state index >= 15 is 0 Å². The summed E-state index contributed by atoms with van der Waals surface area (Å²) in [6, 6.07) is 5.49. The van der Waals surface area contributed by atoms with Crippen LogP contribution >= 0.6 is 0 Å². The predicted molar refractivity (Wildman–Crippen MR) is 106 cm³/mol. The molecule has 2 N–H and O–H groups in total. The minimum Gasteiger partial charge on any atom is -0.475 e. The van der Waals surface area contributed by atoms with Gasteiger partial charge in [-0.3, -0.25) is 14.7 Å². The van der Waals surface area contributed by atoms with Crippen molar-refractivity contribution in [2.45, 2.75) is 31.5 Å². The highest BCUT2D eigenvalue weighted by Gasteiger charge is 2.38. The lowest BCUT2D eigenvalue weighted by Crippen LogP contribution is -2.34. The van der Waals surface area contributed by atoms with E-state index in [-0.39, 0.29) is 11.5 Å². The lowest BCUT2D eigenvalue weighted by molar-refractivity contribution is -0.192. The third-order valence-corrected chi connectivity index (χ3v) is 4.69. The Hall–Kier alpha value is -3.54. The van der Waals surface area contributed by atoms with E-state index in [2.05, 4.69) is 24.8 Å². The number of carboxylic acids is 1. The summed E-state index contributed by atoms with van der Waals surface area (Å²) >= 11 is 0. The number of furan rings is 1. The normalized spacial score (nSPS) is 16.8. The highest BCUT2D eigenvalue weighted by atomic mass is 19.4. The van der Waals surface area contributed by atoms with Crippen molar-refractivity contribution in [1.82, 2.24) is 24.8 Å². The number of aromatic nitrogens is 4. The van der Waals surface area contributed by atoms with Crippen LogP contribution < -0.4 is 5.56 Å². The predicted octanol–water partition coefficient (Wildman–Crippen LogP) is 2.83. The van der Waals surface area contributed by atoms with Crippen molar-refractivity contribution in [3.8, 4) is 11.5 Å². The Balaban J connectivity index is 0.000000360. The number of aromatic amines is 1. The van der Waals surface area contributed by atoms with Gasteiger partial charge in [0.15, 0.2) is 5.82 Å². The van der Waals surface area contributed by atoms with Gasteiger partial charge in [-0.1, -0.05) is 0 Å². The highest BCUT2D eigenvalue weighted by Crippen LogP contribution is 2.26. The number of carboxylic acid groups (broad SMARTS) is 1. The number of halogens is 3. The lowest BCUT2D eigenvalue weighted by Gasteiger charge is -2.31. The molecule has 0 aliphatic carbocycles. The van der Waals surface area contributed by atoms with E-state index in [9.17, 15) is 18.0 Å². The molecule has 1 unspecified atom stereocenters. The summed E-state index contributed by atoms with van der Waals surface area (Å²) in [6.07, 6.45) is 3.49. The third-order valence-electron chi connectivity index (χ3n) is 4.69.